The summed E-state index contributed by atoms with van der Waals surface area (Å²) in [6.07, 6.45) is -3.83. The highest BCUT2D eigenvalue weighted by molar-refractivity contribution is 7.17. The van der Waals surface area contributed by atoms with Crippen molar-refractivity contribution in [3.8, 4) is 16.2 Å². The third-order valence-electron chi connectivity index (χ3n) is 5.13. The molecule has 1 heterocycles. The number of ether oxygens (including phenoxy) is 1. The number of amides is 1. The van der Waals surface area contributed by atoms with Gasteiger partial charge in [0.25, 0.3) is 5.91 Å². The molecular formula is C25H24F3NO4S. The van der Waals surface area contributed by atoms with Crippen LogP contribution in [-0.2, 0) is 17.4 Å². The van der Waals surface area contributed by atoms with Gasteiger partial charge in [0.05, 0.1) is 10.4 Å². The summed E-state index contributed by atoms with van der Waals surface area (Å²) in [4.78, 5) is 25.0. The molecule has 9 heteroatoms. The lowest BCUT2D eigenvalue weighted by Crippen LogP contribution is -2.37. The van der Waals surface area contributed by atoms with Crippen molar-refractivity contribution < 1.29 is 32.6 Å². The number of carbonyl (C=O) groups is 2. The zero-order chi connectivity index (χ0) is 25.1. The number of alkyl halides is 3. The van der Waals surface area contributed by atoms with Crippen molar-refractivity contribution in [2.24, 2.45) is 0 Å². The van der Waals surface area contributed by atoms with Gasteiger partial charge in [-0.05, 0) is 74.2 Å². The van der Waals surface area contributed by atoms with E-state index in [0.717, 1.165) is 28.1 Å². The molecule has 180 valence electrons. The van der Waals surface area contributed by atoms with Crippen molar-refractivity contribution in [1.82, 2.24) is 5.32 Å². The lowest BCUT2D eigenvalue weighted by atomic mass is 10.1. The largest absolute Gasteiger partial charge is 0.478 e. The van der Waals surface area contributed by atoms with E-state index in [4.69, 9.17) is 9.84 Å². The molecule has 0 radical (unpaired) electrons. The van der Waals surface area contributed by atoms with Crippen molar-refractivity contribution in [3.63, 3.8) is 0 Å². The topological polar surface area (TPSA) is 75.6 Å². The van der Waals surface area contributed by atoms with Gasteiger partial charge in [0.1, 0.15) is 5.75 Å². The summed E-state index contributed by atoms with van der Waals surface area (Å²) in [5.74, 6) is -0.876. The van der Waals surface area contributed by atoms with Crippen LogP contribution < -0.4 is 10.1 Å². The summed E-state index contributed by atoms with van der Waals surface area (Å²) in [6, 6.07) is 13.6. The van der Waals surface area contributed by atoms with Crippen LogP contribution in [0, 0.1) is 6.92 Å². The molecule has 2 N–H and O–H groups in total. The minimum atomic E-state index is -4.39. The van der Waals surface area contributed by atoms with Crippen LogP contribution in [0.2, 0.25) is 0 Å². The molecule has 0 atom stereocenters. The summed E-state index contributed by atoms with van der Waals surface area (Å²) >= 11 is 1.23. The number of aliphatic carboxylic acids is 1. The Kier molecular flexibility index (Phi) is 7.35. The van der Waals surface area contributed by atoms with Crippen LogP contribution >= 0.6 is 11.3 Å². The van der Waals surface area contributed by atoms with Crippen LogP contribution in [0.1, 0.15) is 40.2 Å². The quantitative estimate of drug-likeness (QED) is 0.408. The monoisotopic (exact) mass is 491 g/mol. The predicted molar refractivity (Wildman–Crippen MR) is 124 cm³/mol. The Morgan fingerprint density at radius 3 is 2.21 bits per heavy atom. The minimum Gasteiger partial charge on any atom is -0.478 e. The third kappa shape index (κ3) is 6.17. The number of hydrogen-bond acceptors (Lipinski definition) is 4. The Hall–Kier alpha value is -3.33. The van der Waals surface area contributed by atoms with Gasteiger partial charge in [-0.3, -0.25) is 4.79 Å². The van der Waals surface area contributed by atoms with Crippen molar-refractivity contribution in [1.29, 1.82) is 0 Å². The number of benzene rings is 2. The smallest absolute Gasteiger partial charge is 0.416 e. The molecule has 0 aliphatic carbocycles. The van der Waals surface area contributed by atoms with Crippen LogP contribution in [0.4, 0.5) is 13.2 Å². The maximum atomic E-state index is 12.8. The zero-order valence-corrected chi connectivity index (χ0v) is 19.6. The van der Waals surface area contributed by atoms with E-state index >= 15 is 0 Å². The summed E-state index contributed by atoms with van der Waals surface area (Å²) in [6.45, 7) is 5.10. The predicted octanol–water partition coefficient (Wildman–Crippen LogP) is 5.96. The molecule has 0 fully saturated rings. The van der Waals surface area contributed by atoms with Crippen LogP contribution in [0.3, 0.4) is 0 Å². The molecular weight excluding hydrogens is 467 g/mol. The van der Waals surface area contributed by atoms with Crippen molar-refractivity contribution in [2.75, 3.05) is 6.54 Å². The Morgan fingerprint density at radius 2 is 1.65 bits per heavy atom. The maximum Gasteiger partial charge on any atom is 0.416 e. The van der Waals surface area contributed by atoms with Crippen LogP contribution in [-0.4, -0.2) is 29.1 Å². The van der Waals surface area contributed by atoms with Crippen LogP contribution in [0.5, 0.6) is 5.75 Å². The van der Waals surface area contributed by atoms with Gasteiger partial charge < -0.3 is 15.2 Å². The van der Waals surface area contributed by atoms with E-state index in [9.17, 15) is 22.8 Å². The van der Waals surface area contributed by atoms with Crippen molar-refractivity contribution in [3.05, 3.63) is 76.2 Å². The van der Waals surface area contributed by atoms with Crippen molar-refractivity contribution >= 4 is 23.2 Å². The highest BCUT2D eigenvalue weighted by Gasteiger charge is 2.30. The van der Waals surface area contributed by atoms with Gasteiger partial charge in [-0.1, -0.05) is 24.3 Å². The molecule has 1 amide bonds. The van der Waals surface area contributed by atoms with E-state index < -0.39 is 23.3 Å². The highest BCUT2D eigenvalue weighted by atomic mass is 32.1. The number of hydrogen-bond donors (Lipinski definition) is 2. The SMILES string of the molecule is Cc1cc(-c2ccc(C(F)(F)F)cc2)sc1C(=O)NCCc1ccc(OC(C)(C)C(=O)O)cc1. The van der Waals surface area contributed by atoms with Gasteiger partial charge >= 0.3 is 12.1 Å². The molecule has 0 spiro atoms. The van der Waals surface area contributed by atoms with Crippen molar-refractivity contribution in [2.45, 2.75) is 39.0 Å². The lowest BCUT2D eigenvalue weighted by Gasteiger charge is -2.21. The van der Waals surface area contributed by atoms with Gasteiger partial charge in [-0.15, -0.1) is 11.3 Å². The first-order valence-corrected chi connectivity index (χ1v) is 11.3. The van der Waals surface area contributed by atoms with E-state index in [-0.39, 0.29) is 5.91 Å². The standard InChI is InChI=1S/C25H24F3NO4S/c1-15-14-20(17-6-8-18(9-7-17)25(26,27)28)34-21(15)22(30)29-13-12-16-4-10-19(11-5-16)33-24(2,3)23(31)32/h4-11,14H,12-13H2,1-3H3,(H,29,30)(H,31,32). The molecule has 2 aromatic carbocycles. The Balaban J connectivity index is 1.57. The fourth-order valence-electron chi connectivity index (χ4n) is 3.14. The van der Waals surface area contributed by atoms with E-state index in [1.165, 1.54) is 37.3 Å². The summed E-state index contributed by atoms with van der Waals surface area (Å²) in [7, 11) is 0. The molecule has 0 aliphatic heterocycles. The average Bonchev–Trinajstić information content (AvgIpc) is 3.16. The number of halogens is 3. The molecule has 5 nitrogen and oxygen atoms in total. The first-order valence-electron chi connectivity index (χ1n) is 10.4. The molecule has 0 aliphatic rings. The molecule has 0 unspecified atom stereocenters. The molecule has 3 aromatic rings. The Bertz CT molecular complexity index is 1170. The van der Waals surface area contributed by atoms with E-state index in [0.29, 0.717) is 29.2 Å². The number of rotatable bonds is 8. The van der Waals surface area contributed by atoms with E-state index in [1.54, 1.807) is 37.3 Å². The van der Waals surface area contributed by atoms with Gasteiger partial charge in [0.2, 0.25) is 0 Å². The lowest BCUT2D eigenvalue weighted by molar-refractivity contribution is -0.152. The number of aryl methyl sites for hydroxylation is 1. The van der Waals surface area contributed by atoms with Gasteiger partial charge in [0, 0.05) is 11.4 Å². The second-order valence-electron chi connectivity index (χ2n) is 8.27. The maximum absolute atomic E-state index is 12.8. The summed E-state index contributed by atoms with van der Waals surface area (Å²) in [5, 5.41) is 12.0. The van der Waals surface area contributed by atoms with Gasteiger partial charge in [-0.25, -0.2) is 4.79 Å². The van der Waals surface area contributed by atoms with Gasteiger partial charge in [0.15, 0.2) is 5.60 Å². The fourth-order valence-corrected chi connectivity index (χ4v) is 4.23. The Morgan fingerprint density at radius 1 is 1.03 bits per heavy atom. The second-order valence-corrected chi connectivity index (χ2v) is 9.32. The minimum absolute atomic E-state index is 0.246. The molecule has 3 rings (SSSR count). The Labute approximate surface area is 199 Å². The molecule has 34 heavy (non-hydrogen) atoms. The number of carbonyl (C=O) groups excluding carboxylic acids is 1. The molecule has 0 saturated heterocycles. The third-order valence-corrected chi connectivity index (χ3v) is 6.42. The van der Waals surface area contributed by atoms with Crippen LogP contribution in [0.15, 0.2) is 54.6 Å². The normalized spacial score (nSPS) is 11.8. The second kappa shape index (κ2) is 9.89. The van der Waals surface area contributed by atoms with Crippen LogP contribution in [0.25, 0.3) is 10.4 Å². The number of thiophene rings is 1. The fraction of sp³-hybridized carbons (Fsp3) is 0.280. The molecule has 1 aromatic heterocycles. The summed E-state index contributed by atoms with van der Waals surface area (Å²) in [5.41, 5.74) is 0.253. The van der Waals surface area contributed by atoms with Gasteiger partial charge in [-0.2, -0.15) is 13.2 Å². The zero-order valence-electron chi connectivity index (χ0n) is 18.8. The van der Waals surface area contributed by atoms with E-state index in [1.807, 2.05) is 0 Å². The number of nitrogens with one attached hydrogen (secondary N) is 1. The molecule has 0 saturated carbocycles. The number of carboxylic acid groups (broad SMARTS) is 1. The first kappa shape index (κ1) is 25.3. The molecule has 0 bridgehead atoms. The average molecular weight is 492 g/mol. The first-order chi connectivity index (χ1) is 15.9. The highest BCUT2D eigenvalue weighted by Crippen LogP contribution is 2.34. The van der Waals surface area contributed by atoms with E-state index in [2.05, 4.69) is 5.32 Å². The number of carboxylic acids is 1. The summed E-state index contributed by atoms with van der Waals surface area (Å²) < 4.78 is 43.8.